The summed E-state index contributed by atoms with van der Waals surface area (Å²) in [5, 5.41) is 6.00. The first-order valence-electron chi connectivity index (χ1n) is 9.17. The number of nitrogens with zero attached hydrogens (tertiary/aromatic N) is 2. The Bertz CT molecular complexity index is 562. The molecule has 6 nitrogen and oxygen atoms in total. The summed E-state index contributed by atoms with van der Waals surface area (Å²) in [7, 11) is 0. The van der Waals surface area contributed by atoms with Gasteiger partial charge in [0.25, 0.3) is 0 Å². The Morgan fingerprint density at radius 1 is 1.28 bits per heavy atom. The van der Waals surface area contributed by atoms with Crippen LogP contribution in [0.5, 0.6) is 0 Å². The van der Waals surface area contributed by atoms with E-state index in [0.717, 1.165) is 24.9 Å². The van der Waals surface area contributed by atoms with Crippen molar-refractivity contribution in [1.82, 2.24) is 20.5 Å². The highest BCUT2D eigenvalue weighted by Crippen LogP contribution is 2.20. The molecular formula is C19H30N4O2. The standard InChI is InChI=1S/C19H30N4O2/c1-14(2)12-21-19(25)23-10-4-5-16(13-23)11-18(24)22-15(3)17-6-8-20-9-7-17/h6-9,14-16H,4-5,10-13H2,1-3H3,(H,21,25)(H,22,24)/t15-,16+/m1/s1. The van der Waals surface area contributed by atoms with E-state index in [1.54, 1.807) is 12.4 Å². The Hall–Kier alpha value is -2.11. The second-order valence-electron chi connectivity index (χ2n) is 7.31. The fourth-order valence-corrected chi connectivity index (χ4v) is 3.12. The summed E-state index contributed by atoms with van der Waals surface area (Å²) < 4.78 is 0. The number of hydrogen-bond acceptors (Lipinski definition) is 3. The van der Waals surface area contributed by atoms with E-state index in [0.29, 0.717) is 25.4 Å². The molecule has 2 atom stereocenters. The molecule has 0 aliphatic carbocycles. The lowest BCUT2D eigenvalue weighted by Gasteiger charge is -2.33. The van der Waals surface area contributed by atoms with Crippen LogP contribution in [0.3, 0.4) is 0 Å². The van der Waals surface area contributed by atoms with Gasteiger partial charge in [0.1, 0.15) is 0 Å². The van der Waals surface area contributed by atoms with Gasteiger partial charge in [0.05, 0.1) is 6.04 Å². The quantitative estimate of drug-likeness (QED) is 0.832. The molecule has 1 aliphatic heterocycles. The molecule has 0 saturated carbocycles. The van der Waals surface area contributed by atoms with Crippen LogP contribution in [0.4, 0.5) is 4.79 Å². The molecule has 0 spiro atoms. The smallest absolute Gasteiger partial charge is 0.317 e. The molecule has 1 fully saturated rings. The van der Waals surface area contributed by atoms with E-state index in [4.69, 9.17) is 0 Å². The Labute approximate surface area is 150 Å². The summed E-state index contributed by atoms with van der Waals surface area (Å²) in [5.41, 5.74) is 1.04. The Kier molecular flexibility index (Phi) is 7.22. The maximum atomic E-state index is 12.3. The number of piperidine rings is 1. The molecule has 1 aromatic rings. The monoisotopic (exact) mass is 346 g/mol. The molecule has 25 heavy (non-hydrogen) atoms. The third-order valence-corrected chi connectivity index (χ3v) is 4.53. The van der Waals surface area contributed by atoms with Gasteiger partial charge >= 0.3 is 6.03 Å². The summed E-state index contributed by atoms with van der Waals surface area (Å²) in [6.07, 6.45) is 5.86. The van der Waals surface area contributed by atoms with Crippen molar-refractivity contribution in [3.05, 3.63) is 30.1 Å². The van der Waals surface area contributed by atoms with Gasteiger partial charge in [-0.25, -0.2) is 4.79 Å². The van der Waals surface area contributed by atoms with Crippen LogP contribution in [-0.4, -0.2) is 41.5 Å². The highest BCUT2D eigenvalue weighted by atomic mass is 16.2. The van der Waals surface area contributed by atoms with Crippen LogP contribution in [-0.2, 0) is 4.79 Å². The van der Waals surface area contributed by atoms with Crippen molar-refractivity contribution in [3.63, 3.8) is 0 Å². The average Bonchev–Trinajstić information content (AvgIpc) is 2.60. The van der Waals surface area contributed by atoms with Crippen molar-refractivity contribution in [2.24, 2.45) is 11.8 Å². The lowest BCUT2D eigenvalue weighted by Crippen LogP contribution is -2.47. The van der Waals surface area contributed by atoms with Gasteiger partial charge in [-0.1, -0.05) is 13.8 Å². The Balaban J connectivity index is 1.79. The molecule has 1 aromatic heterocycles. The molecular weight excluding hydrogens is 316 g/mol. The van der Waals surface area contributed by atoms with Crippen LogP contribution in [0.2, 0.25) is 0 Å². The van der Waals surface area contributed by atoms with Crippen LogP contribution in [0.1, 0.15) is 51.6 Å². The largest absolute Gasteiger partial charge is 0.350 e. The molecule has 0 unspecified atom stereocenters. The van der Waals surface area contributed by atoms with E-state index < -0.39 is 0 Å². The number of rotatable bonds is 6. The van der Waals surface area contributed by atoms with Crippen molar-refractivity contribution < 1.29 is 9.59 Å². The van der Waals surface area contributed by atoms with E-state index in [2.05, 4.69) is 29.5 Å². The molecule has 1 aliphatic rings. The maximum Gasteiger partial charge on any atom is 0.317 e. The van der Waals surface area contributed by atoms with Gasteiger partial charge in [-0.05, 0) is 49.3 Å². The van der Waals surface area contributed by atoms with E-state index in [1.807, 2.05) is 24.0 Å². The van der Waals surface area contributed by atoms with Crippen molar-refractivity contribution in [2.75, 3.05) is 19.6 Å². The first kappa shape index (κ1) is 19.2. The number of nitrogens with one attached hydrogen (secondary N) is 2. The minimum Gasteiger partial charge on any atom is -0.350 e. The van der Waals surface area contributed by atoms with E-state index in [-0.39, 0.29) is 23.9 Å². The summed E-state index contributed by atoms with van der Waals surface area (Å²) in [6.45, 7) is 8.24. The van der Waals surface area contributed by atoms with Crippen molar-refractivity contribution in [1.29, 1.82) is 0 Å². The van der Waals surface area contributed by atoms with Crippen LogP contribution in [0, 0.1) is 11.8 Å². The SMILES string of the molecule is CC(C)CNC(=O)N1CCC[C@@H](CC(=O)N[C@H](C)c2ccncc2)C1. The minimum absolute atomic E-state index is 0.0102. The number of amides is 3. The summed E-state index contributed by atoms with van der Waals surface area (Å²) in [6, 6.07) is 3.77. The summed E-state index contributed by atoms with van der Waals surface area (Å²) in [5.74, 6) is 0.701. The van der Waals surface area contributed by atoms with Gasteiger partial charge in [0.2, 0.25) is 5.91 Å². The number of hydrogen-bond donors (Lipinski definition) is 2. The zero-order chi connectivity index (χ0) is 18.2. The molecule has 138 valence electrons. The van der Waals surface area contributed by atoms with Crippen LogP contribution in [0.15, 0.2) is 24.5 Å². The lowest BCUT2D eigenvalue weighted by molar-refractivity contribution is -0.123. The Morgan fingerprint density at radius 2 is 2.00 bits per heavy atom. The number of pyridine rings is 1. The van der Waals surface area contributed by atoms with Gasteiger partial charge in [0.15, 0.2) is 0 Å². The van der Waals surface area contributed by atoms with Gasteiger partial charge in [-0.3, -0.25) is 9.78 Å². The zero-order valence-electron chi connectivity index (χ0n) is 15.5. The summed E-state index contributed by atoms with van der Waals surface area (Å²) >= 11 is 0. The molecule has 1 saturated heterocycles. The number of urea groups is 1. The van der Waals surface area contributed by atoms with E-state index >= 15 is 0 Å². The topological polar surface area (TPSA) is 74.3 Å². The van der Waals surface area contributed by atoms with E-state index in [9.17, 15) is 9.59 Å². The van der Waals surface area contributed by atoms with Crippen molar-refractivity contribution in [2.45, 2.75) is 46.1 Å². The second-order valence-corrected chi connectivity index (χ2v) is 7.31. The molecule has 2 rings (SSSR count). The molecule has 6 heteroatoms. The van der Waals surface area contributed by atoms with Crippen molar-refractivity contribution >= 4 is 11.9 Å². The van der Waals surface area contributed by atoms with Gasteiger partial charge < -0.3 is 15.5 Å². The predicted octanol–water partition coefficient (Wildman–Crippen LogP) is 2.73. The predicted molar refractivity (Wildman–Crippen MR) is 97.9 cm³/mol. The highest BCUT2D eigenvalue weighted by molar-refractivity contribution is 5.77. The minimum atomic E-state index is -0.0375. The van der Waals surface area contributed by atoms with Gasteiger partial charge in [0, 0.05) is 38.4 Å². The first-order valence-corrected chi connectivity index (χ1v) is 9.17. The van der Waals surface area contributed by atoms with Crippen LogP contribution >= 0.6 is 0 Å². The number of aromatic nitrogens is 1. The third-order valence-electron chi connectivity index (χ3n) is 4.53. The van der Waals surface area contributed by atoms with E-state index in [1.165, 1.54) is 0 Å². The fourth-order valence-electron chi connectivity index (χ4n) is 3.12. The average molecular weight is 346 g/mol. The number of carbonyl (C=O) groups is 2. The van der Waals surface area contributed by atoms with Crippen LogP contribution < -0.4 is 10.6 Å². The fraction of sp³-hybridized carbons (Fsp3) is 0.632. The molecule has 3 amide bonds. The Morgan fingerprint density at radius 3 is 2.68 bits per heavy atom. The summed E-state index contributed by atoms with van der Waals surface area (Å²) in [4.78, 5) is 30.4. The van der Waals surface area contributed by atoms with Crippen molar-refractivity contribution in [3.8, 4) is 0 Å². The lowest BCUT2D eigenvalue weighted by atomic mass is 9.94. The molecule has 2 N–H and O–H groups in total. The number of carbonyl (C=O) groups excluding carboxylic acids is 2. The normalized spacial score (nSPS) is 18.7. The second kappa shape index (κ2) is 9.39. The molecule has 0 aromatic carbocycles. The third kappa shape index (κ3) is 6.36. The maximum absolute atomic E-state index is 12.3. The molecule has 2 heterocycles. The number of likely N-dealkylation sites (tertiary alicyclic amines) is 1. The zero-order valence-corrected chi connectivity index (χ0v) is 15.5. The molecule has 0 radical (unpaired) electrons. The first-order chi connectivity index (χ1) is 12.0. The van der Waals surface area contributed by atoms with Gasteiger partial charge in [-0.2, -0.15) is 0 Å². The van der Waals surface area contributed by atoms with Crippen LogP contribution in [0.25, 0.3) is 0 Å². The highest BCUT2D eigenvalue weighted by Gasteiger charge is 2.25. The van der Waals surface area contributed by atoms with Gasteiger partial charge in [-0.15, -0.1) is 0 Å². The molecule has 0 bridgehead atoms.